The first-order chi connectivity index (χ1) is 12.4. The SMILES string of the molecule is O=C(NCc1cc(-c2ccc(C(F)(F)F)cn2)ccn1)C1CCCCN1. The van der Waals surface area contributed by atoms with Gasteiger partial charge in [-0.2, -0.15) is 13.2 Å². The third-order valence-electron chi connectivity index (χ3n) is 4.27. The quantitative estimate of drug-likeness (QED) is 0.875. The minimum atomic E-state index is -4.41. The Morgan fingerprint density at radius 1 is 1.23 bits per heavy atom. The topological polar surface area (TPSA) is 66.9 Å². The lowest BCUT2D eigenvalue weighted by Gasteiger charge is -2.22. The molecule has 0 bridgehead atoms. The van der Waals surface area contributed by atoms with Crippen LogP contribution in [0, 0.1) is 0 Å². The van der Waals surface area contributed by atoms with Crippen molar-refractivity contribution in [3.63, 3.8) is 0 Å². The normalized spacial score (nSPS) is 17.7. The van der Waals surface area contributed by atoms with Gasteiger partial charge in [-0.1, -0.05) is 6.42 Å². The molecule has 1 fully saturated rings. The molecule has 0 saturated carbocycles. The monoisotopic (exact) mass is 364 g/mol. The number of hydrogen-bond acceptors (Lipinski definition) is 4. The highest BCUT2D eigenvalue weighted by molar-refractivity contribution is 5.81. The summed E-state index contributed by atoms with van der Waals surface area (Å²) in [5.41, 5.74) is 0.895. The summed E-state index contributed by atoms with van der Waals surface area (Å²) < 4.78 is 37.9. The molecule has 2 N–H and O–H groups in total. The van der Waals surface area contributed by atoms with Crippen LogP contribution in [0.2, 0.25) is 0 Å². The summed E-state index contributed by atoms with van der Waals surface area (Å²) >= 11 is 0. The van der Waals surface area contributed by atoms with Gasteiger partial charge in [0.1, 0.15) is 0 Å². The number of alkyl halides is 3. The Kier molecular flexibility index (Phi) is 5.51. The van der Waals surface area contributed by atoms with Gasteiger partial charge in [0.2, 0.25) is 5.91 Å². The first-order valence-electron chi connectivity index (χ1n) is 8.43. The van der Waals surface area contributed by atoms with Crippen molar-refractivity contribution in [3.05, 3.63) is 47.9 Å². The minimum absolute atomic E-state index is 0.0652. The molecule has 2 aromatic rings. The van der Waals surface area contributed by atoms with E-state index in [1.165, 1.54) is 6.07 Å². The molecule has 1 aliphatic rings. The molecule has 1 atom stereocenters. The number of carbonyl (C=O) groups excluding carboxylic acids is 1. The van der Waals surface area contributed by atoms with Gasteiger partial charge in [-0.15, -0.1) is 0 Å². The van der Waals surface area contributed by atoms with Crippen LogP contribution in [0.1, 0.15) is 30.5 Å². The smallest absolute Gasteiger partial charge is 0.349 e. The Bertz CT molecular complexity index is 756. The molecule has 2 aromatic heterocycles. The van der Waals surface area contributed by atoms with E-state index < -0.39 is 11.7 Å². The van der Waals surface area contributed by atoms with E-state index in [9.17, 15) is 18.0 Å². The van der Waals surface area contributed by atoms with Gasteiger partial charge >= 0.3 is 6.18 Å². The van der Waals surface area contributed by atoms with Crippen molar-refractivity contribution in [1.29, 1.82) is 0 Å². The van der Waals surface area contributed by atoms with Crippen LogP contribution in [0.15, 0.2) is 36.7 Å². The fourth-order valence-electron chi connectivity index (χ4n) is 2.84. The number of nitrogens with zero attached hydrogens (tertiary/aromatic N) is 2. The largest absolute Gasteiger partial charge is 0.417 e. The van der Waals surface area contributed by atoms with Crippen LogP contribution < -0.4 is 10.6 Å². The van der Waals surface area contributed by atoms with Gasteiger partial charge in [0, 0.05) is 18.0 Å². The highest BCUT2D eigenvalue weighted by Gasteiger charge is 2.30. The van der Waals surface area contributed by atoms with E-state index in [0.717, 1.165) is 38.1 Å². The standard InChI is InChI=1S/C18H19F3N4O/c19-18(20,21)13-4-5-15(24-10-13)12-6-8-22-14(9-12)11-25-17(26)16-3-1-2-7-23-16/h4-6,8-10,16,23H,1-3,7,11H2,(H,25,26). The van der Waals surface area contributed by atoms with Crippen LogP contribution in [0.25, 0.3) is 11.3 Å². The van der Waals surface area contributed by atoms with Crippen LogP contribution in [-0.4, -0.2) is 28.5 Å². The number of piperidine rings is 1. The average Bonchev–Trinajstić information content (AvgIpc) is 2.66. The molecule has 0 aliphatic carbocycles. The predicted molar refractivity (Wildman–Crippen MR) is 90.0 cm³/mol. The van der Waals surface area contributed by atoms with Gasteiger partial charge in [-0.05, 0) is 43.7 Å². The van der Waals surface area contributed by atoms with Crippen molar-refractivity contribution >= 4 is 5.91 Å². The van der Waals surface area contributed by atoms with Gasteiger partial charge < -0.3 is 10.6 Å². The molecular weight excluding hydrogens is 345 g/mol. The maximum atomic E-state index is 12.6. The number of rotatable bonds is 4. The van der Waals surface area contributed by atoms with Crippen LogP contribution in [0.4, 0.5) is 13.2 Å². The molecule has 0 spiro atoms. The molecular formula is C18H19F3N4O. The second-order valence-electron chi connectivity index (χ2n) is 6.19. The van der Waals surface area contributed by atoms with Gasteiger partial charge in [-0.25, -0.2) is 0 Å². The van der Waals surface area contributed by atoms with Crippen LogP contribution >= 0.6 is 0 Å². The van der Waals surface area contributed by atoms with E-state index in [1.54, 1.807) is 18.3 Å². The van der Waals surface area contributed by atoms with Gasteiger partial charge in [0.15, 0.2) is 0 Å². The Hall–Kier alpha value is -2.48. The molecule has 3 rings (SSSR count). The second-order valence-corrected chi connectivity index (χ2v) is 6.19. The van der Waals surface area contributed by atoms with Crippen molar-refractivity contribution in [1.82, 2.24) is 20.6 Å². The van der Waals surface area contributed by atoms with E-state index in [2.05, 4.69) is 20.6 Å². The average molecular weight is 364 g/mol. The fourth-order valence-corrected chi connectivity index (χ4v) is 2.84. The molecule has 0 aromatic carbocycles. The third kappa shape index (κ3) is 4.57. The number of aromatic nitrogens is 2. The first-order valence-corrected chi connectivity index (χ1v) is 8.43. The van der Waals surface area contributed by atoms with Crippen LogP contribution in [-0.2, 0) is 17.5 Å². The summed E-state index contributed by atoms with van der Waals surface area (Å²) in [6.07, 6.45) is 0.869. The molecule has 1 aliphatic heterocycles. The van der Waals surface area contributed by atoms with E-state index in [-0.39, 0.29) is 18.5 Å². The number of nitrogens with one attached hydrogen (secondary N) is 2. The Labute approximate surface area is 149 Å². The lowest BCUT2D eigenvalue weighted by Crippen LogP contribution is -2.46. The molecule has 1 unspecified atom stereocenters. The van der Waals surface area contributed by atoms with Crippen molar-refractivity contribution in [3.8, 4) is 11.3 Å². The number of carbonyl (C=O) groups is 1. The van der Waals surface area contributed by atoms with Crippen molar-refractivity contribution in [2.24, 2.45) is 0 Å². The molecule has 3 heterocycles. The zero-order valence-electron chi connectivity index (χ0n) is 14.0. The molecule has 5 nitrogen and oxygen atoms in total. The van der Waals surface area contributed by atoms with Gasteiger partial charge in [0.05, 0.1) is 29.5 Å². The second kappa shape index (κ2) is 7.82. The maximum absolute atomic E-state index is 12.6. The van der Waals surface area contributed by atoms with Crippen molar-refractivity contribution < 1.29 is 18.0 Å². The summed E-state index contributed by atoms with van der Waals surface area (Å²) in [6.45, 7) is 1.09. The summed E-state index contributed by atoms with van der Waals surface area (Å²) in [5.74, 6) is -0.0652. The fraction of sp³-hybridized carbons (Fsp3) is 0.389. The van der Waals surface area contributed by atoms with Crippen molar-refractivity contribution in [2.45, 2.75) is 38.0 Å². The maximum Gasteiger partial charge on any atom is 0.417 e. The minimum Gasteiger partial charge on any atom is -0.349 e. The summed E-state index contributed by atoms with van der Waals surface area (Å²) in [4.78, 5) is 20.2. The summed E-state index contributed by atoms with van der Waals surface area (Å²) in [5, 5.41) is 6.02. The predicted octanol–water partition coefficient (Wildman–Crippen LogP) is 2.92. The highest BCUT2D eigenvalue weighted by atomic mass is 19.4. The van der Waals surface area contributed by atoms with Gasteiger partial charge in [-0.3, -0.25) is 14.8 Å². The van der Waals surface area contributed by atoms with E-state index in [4.69, 9.17) is 0 Å². The summed E-state index contributed by atoms with van der Waals surface area (Å²) in [6, 6.07) is 5.53. The van der Waals surface area contributed by atoms with Crippen LogP contribution in [0.5, 0.6) is 0 Å². The van der Waals surface area contributed by atoms with Crippen molar-refractivity contribution in [2.75, 3.05) is 6.54 Å². The Morgan fingerprint density at radius 3 is 2.73 bits per heavy atom. The number of hydrogen-bond donors (Lipinski definition) is 2. The highest BCUT2D eigenvalue weighted by Crippen LogP contribution is 2.29. The Balaban J connectivity index is 1.65. The zero-order valence-corrected chi connectivity index (χ0v) is 14.0. The van der Waals surface area contributed by atoms with E-state index in [1.807, 2.05) is 0 Å². The molecule has 1 amide bonds. The molecule has 26 heavy (non-hydrogen) atoms. The Morgan fingerprint density at radius 2 is 2.08 bits per heavy atom. The molecule has 8 heteroatoms. The first kappa shape index (κ1) is 18.3. The lowest BCUT2D eigenvalue weighted by molar-refractivity contribution is -0.137. The third-order valence-corrected chi connectivity index (χ3v) is 4.27. The lowest BCUT2D eigenvalue weighted by atomic mass is 10.0. The number of amides is 1. The van der Waals surface area contributed by atoms with E-state index >= 15 is 0 Å². The zero-order chi connectivity index (χ0) is 18.6. The number of halogens is 3. The molecule has 1 saturated heterocycles. The molecule has 0 radical (unpaired) electrons. The van der Waals surface area contributed by atoms with Crippen LogP contribution in [0.3, 0.4) is 0 Å². The van der Waals surface area contributed by atoms with Gasteiger partial charge in [0.25, 0.3) is 0 Å². The number of pyridine rings is 2. The van der Waals surface area contributed by atoms with E-state index in [0.29, 0.717) is 17.0 Å². The summed E-state index contributed by atoms with van der Waals surface area (Å²) in [7, 11) is 0. The molecule has 138 valence electrons.